The fourth-order valence-corrected chi connectivity index (χ4v) is 2.98. The molecule has 118 valence electrons. The van der Waals surface area contributed by atoms with Crippen molar-refractivity contribution in [1.29, 1.82) is 0 Å². The molecule has 2 nitrogen and oxygen atoms in total. The lowest BCUT2D eigenvalue weighted by Crippen LogP contribution is -2.37. The second kappa shape index (κ2) is 7.77. The standard InChI is InChI=1S/C21H25N2/c1-2-3-10-15-22-16-17-23(20-13-8-5-9-14-20)21(22)18-19-11-6-4-7-12-19/h4-9,11-14,16-17H,2-3,10,15,18H2,1H3/q+1. The van der Waals surface area contributed by atoms with Gasteiger partial charge in [-0.3, -0.25) is 0 Å². The van der Waals surface area contributed by atoms with Crippen LogP contribution >= 0.6 is 0 Å². The summed E-state index contributed by atoms with van der Waals surface area (Å²) >= 11 is 0. The minimum absolute atomic E-state index is 0.953. The Balaban J connectivity index is 1.93. The molecule has 0 atom stereocenters. The van der Waals surface area contributed by atoms with Crippen LogP contribution in [-0.2, 0) is 13.0 Å². The van der Waals surface area contributed by atoms with Gasteiger partial charge >= 0.3 is 0 Å². The van der Waals surface area contributed by atoms with Crippen molar-refractivity contribution in [2.75, 3.05) is 0 Å². The van der Waals surface area contributed by atoms with Crippen LogP contribution in [0, 0.1) is 0 Å². The zero-order valence-corrected chi connectivity index (χ0v) is 13.9. The van der Waals surface area contributed by atoms with Gasteiger partial charge in [0.1, 0.15) is 18.1 Å². The summed E-state index contributed by atoms with van der Waals surface area (Å²) in [4.78, 5) is 0. The molecule has 0 saturated carbocycles. The van der Waals surface area contributed by atoms with Gasteiger partial charge in [-0.2, -0.15) is 4.57 Å². The molecule has 0 amide bonds. The summed E-state index contributed by atoms with van der Waals surface area (Å²) in [5.74, 6) is 1.35. The van der Waals surface area contributed by atoms with Gasteiger partial charge in [0.2, 0.25) is 0 Å². The van der Waals surface area contributed by atoms with Crippen molar-refractivity contribution < 1.29 is 4.57 Å². The molecule has 1 aromatic heterocycles. The minimum atomic E-state index is 0.953. The molecule has 0 bridgehead atoms. The van der Waals surface area contributed by atoms with Crippen molar-refractivity contribution in [2.24, 2.45) is 0 Å². The number of hydrogen-bond donors (Lipinski definition) is 0. The summed E-state index contributed by atoms with van der Waals surface area (Å²) < 4.78 is 4.73. The van der Waals surface area contributed by atoms with Gasteiger partial charge in [0.25, 0.3) is 5.82 Å². The zero-order valence-electron chi connectivity index (χ0n) is 13.9. The highest BCUT2D eigenvalue weighted by molar-refractivity contribution is 5.33. The Bertz CT molecular complexity index is 714. The van der Waals surface area contributed by atoms with E-state index >= 15 is 0 Å². The van der Waals surface area contributed by atoms with Gasteiger partial charge in [-0.25, -0.2) is 4.57 Å². The molecule has 0 unspecified atom stereocenters. The predicted octanol–water partition coefficient (Wildman–Crippen LogP) is 4.55. The van der Waals surface area contributed by atoms with Crippen LogP contribution in [0.15, 0.2) is 73.1 Å². The Morgan fingerprint density at radius 3 is 2.26 bits per heavy atom. The molecule has 3 rings (SSSR count). The van der Waals surface area contributed by atoms with Gasteiger partial charge in [0.05, 0.1) is 13.0 Å². The smallest absolute Gasteiger partial charge is 0.234 e. The SMILES string of the molecule is CCCCC[n+]1ccn(-c2ccccc2)c1Cc1ccccc1. The summed E-state index contributed by atoms with van der Waals surface area (Å²) in [6.45, 7) is 3.35. The monoisotopic (exact) mass is 305 g/mol. The molecular formula is C21H25N2+. The van der Waals surface area contributed by atoms with E-state index in [-0.39, 0.29) is 0 Å². The van der Waals surface area contributed by atoms with E-state index in [1.165, 1.54) is 36.3 Å². The lowest BCUT2D eigenvalue weighted by Gasteiger charge is -2.06. The van der Waals surface area contributed by atoms with E-state index in [9.17, 15) is 0 Å². The molecule has 0 radical (unpaired) electrons. The van der Waals surface area contributed by atoms with Crippen molar-refractivity contribution in [1.82, 2.24) is 4.57 Å². The van der Waals surface area contributed by atoms with Crippen LogP contribution in [0.5, 0.6) is 0 Å². The van der Waals surface area contributed by atoms with Crippen molar-refractivity contribution >= 4 is 0 Å². The maximum absolute atomic E-state index is 2.41. The summed E-state index contributed by atoms with van der Waals surface area (Å²) in [6, 6.07) is 21.3. The number of hydrogen-bond acceptors (Lipinski definition) is 0. The van der Waals surface area contributed by atoms with Gasteiger partial charge in [0, 0.05) is 0 Å². The first-order valence-corrected chi connectivity index (χ1v) is 8.57. The molecule has 0 saturated heterocycles. The molecule has 0 aliphatic rings. The highest BCUT2D eigenvalue weighted by atomic mass is 15.1. The lowest BCUT2D eigenvalue weighted by molar-refractivity contribution is -0.703. The number of aryl methyl sites for hydroxylation is 1. The Morgan fingerprint density at radius 2 is 1.57 bits per heavy atom. The van der Waals surface area contributed by atoms with Crippen LogP contribution in [0.4, 0.5) is 0 Å². The highest BCUT2D eigenvalue weighted by Gasteiger charge is 2.18. The first kappa shape index (κ1) is 15.5. The van der Waals surface area contributed by atoms with Crippen LogP contribution in [0.2, 0.25) is 0 Å². The van der Waals surface area contributed by atoms with Crippen molar-refractivity contribution in [2.45, 2.75) is 39.2 Å². The van der Waals surface area contributed by atoms with Crippen molar-refractivity contribution in [3.05, 3.63) is 84.4 Å². The number of aromatic nitrogens is 2. The summed E-state index contributed by atoms with van der Waals surface area (Å²) in [6.07, 6.45) is 9.15. The topological polar surface area (TPSA) is 8.81 Å². The number of rotatable bonds is 7. The number of nitrogens with zero attached hydrogens (tertiary/aromatic N) is 2. The molecule has 0 fully saturated rings. The van der Waals surface area contributed by atoms with Gasteiger partial charge in [-0.15, -0.1) is 0 Å². The first-order valence-electron chi connectivity index (χ1n) is 8.57. The number of imidazole rings is 1. The third kappa shape index (κ3) is 3.89. The average molecular weight is 305 g/mol. The normalized spacial score (nSPS) is 10.8. The molecule has 2 aromatic carbocycles. The third-order valence-electron chi connectivity index (χ3n) is 4.25. The highest BCUT2D eigenvalue weighted by Crippen LogP contribution is 2.13. The van der Waals surface area contributed by atoms with Crippen molar-refractivity contribution in [3.8, 4) is 5.69 Å². The van der Waals surface area contributed by atoms with E-state index in [1.807, 2.05) is 0 Å². The quantitative estimate of drug-likeness (QED) is 0.447. The van der Waals surface area contributed by atoms with Gasteiger partial charge in [-0.05, 0) is 30.5 Å². The molecule has 3 aromatic rings. The van der Waals surface area contributed by atoms with Crippen LogP contribution in [0.1, 0.15) is 37.6 Å². The predicted molar refractivity (Wildman–Crippen MR) is 94.7 cm³/mol. The van der Waals surface area contributed by atoms with E-state index in [0.717, 1.165) is 13.0 Å². The van der Waals surface area contributed by atoms with Crippen LogP contribution in [0.25, 0.3) is 5.69 Å². The minimum Gasteiger partial charge on any atom is -0.234 e. The average Bonchev–Trinajstić information content (AvgIpc) is 3.00. The van der Waals surface area contributed by atoms with Crippen LogP contribution < -0.4 is 4.57 Å². The van der Waals surface area contributed by atoms with E-state index in [0.29, 0.717) is 0 Å². The number of unbranched alkanes of at least 4 members (excludes halogenated alkanes) is 2. The van der Waals surface area contributed by atoms with Crippen LogP contribution in [0.3, 0.4) is 0 Å². The fraction of sp³-hybridized carbons (Fsp3) is 0.286. The largest absolute Gasteiger partial charge is 0.266 e. The Labute approximate surface area is 139 Å². The van der Waals surface area contributed by atoms with Crippen LogP contribution in [-0.4, -0.2) is 4.57 Å². The molecule has 0 aliphatic carbocycles. The van der Waals surface area contributed by atoms with E-state index in [1.54, 1.807) is 0 Å². The Kier molecular flexibility index (Phi) is 5.25. The fourth-order valence-electron chi connectivity index (χ4n) is 2.98. The summed E-state index contributed by atoms with van der Waals surface area (Å²) in [7, 11) is 0. The van der Waals surface area contributed by atoms with E-state index in [2.05, 4.69) is 89.1 Å². The van der Waals surface area contributed by atoms with E-state index < -0.39 is 0 Å². The first-order chi connectivity index (χ1) is 11.4. The lowest BCUT2D eigenvalue weighted by atomic mass is 10.1. The molecule has 0 N–H and O–H groups in total. The van der Waals surface area contributed by atoms with Gasteiger partial charge in [0.15, 0.2) is 0 Å². The molecule has 1 heterocycles. The van der Waals surface area contributed by atoms with Crippen molar-refractivity contribution in [3.63, 3.8) is 0 Å². The maximum Gasteiger partial charge on any atom is 0.266 e. The molecule has 0 aliphatic heterocycles. The molecular weight excluding hydrogens is 280 g/mol. The third-order valence-corrected chi connectivity index (χ3v) is 4.25. The molecule has 2 heteroatoms. The van der Waals surface area contributed by atoms with Gasteiger partial charge in [-0.1, -0.05) is 61.9 Å². The zero-order chi connectivity index (χ0) is 15.9. The summed E-state index contributed by atoms with van der Waals surface area (Å²) in [5.41, 5.74) is 2.58. The maximum atomic E-state index is 2.41. The second-order valence-corrected chi connectivity index (χ2v) is 5.98. The number of benzene rings is 2. The Morgan fingerprint density at radius 1 is 0.870 bits per heavy atom. The molecule has 23 heavy (non-hydrogen) atoms. The number of para-hydroxylation sites is 1. The second-order valence-electron chi connectivity index (χ2n) is 5.98. The van der Waals surface area contributed by atoms with E-state index in [4.69, 9.17) is 0 Å². The Hall–Kier alpha value is -2.35. The summed E-state index contributed by atoms with van der Waals surface area (Å²) in [5, 5.41) is 0. The van der Waals surface area contributed by atoms with Gasteiger partial charge < -0.3 is 0 Å². The molecule has 0 spiro atoms.